The molecule has 2 aromatic rings. The number of nitro benzene ring substituents is 1. The molecule has 0 radical (unpaired) electrons. The number of rotatable bonds is 6. The molecule has 0 aliphatic carbocycles. The van der Waals surface area contributed by atoms with Crippen LogP contribution in [0.5, 0.6) is 11.5 Å². The number of nitrogens with zero attached hydrogens (tertiary/aromatic N) is 1. The highest BCUT2D eigenvalue weighted by Crippen LogP contribution is 2.33. The minimum atomic E-state index is -0.704. The van der Waals surface area contributed by atoms with Crippen molar-refractivity contribution in [3.63, 3.8) is 0 Å². The fraction of sp³-hybridized carbons (Fsp3) is 0.188. The normalized spacial score (nSPS) is 10.2. The molecule has 0 atom stereocenters. The summed E-state index contributed by atoms with van der Waals surface area (Å²) in [4.78, 5) is 22.4. The number of carbonyl (C=O) groups is 1. The molecule has 0 saturated carbocycles. The van der Waals surface area contributed by atoms with Crippen molar-refractivity contribution in [2.45, 2.75) is 6.61 Å². The number of carbonyl (C=O) groups excluding carboxylic acids is 1. The predicted molar refractivity (Wildman–Crippen MR) is 93.9 cm³/mol. The zero-order valence-corrected chi connectivity index (χ0v) is 15.0. The Kier molecular flexibility index (Phi) is 5.81. The molecule has 0 unspecified atom stereocenters. The summed E-state index contributed by atoms with van der Waals surface area (Å²) in [5.74, 6) is 0.309. The summed E-state index contributed by atoms with van der Waals surface area (Å²) in [6.45, 7) is -0.0576. The van der Waals surface area contributed by atoms with Crippen LogP contribution in [0.4, 0.5) is 11.4 Å². The summed E-state index contributed by atoms with van der Waals surface area (Å²) < 4.78 is 16.3. The minimum absolute atomic E-state index is 0.0239. The summed E-state index contributed by atoms with van der Waals surface area (Å²) in [5.41, 5.74) is 5.83. The maximum Gasteiger partial charge on any atom is 0.338 e. The maximum atomic E-state index is 12.1. The largest absolute Gasteiger partial charge is 0.493 e. The van der Waals surface area contributed by atoms with E-state index in [9.17, 15) is 14.9 Å². The Balaban J connectivity index is 2.18. The molecule has 0 aromatic heterocycles. The minimum Gasteiger partial charge on any atom is -0.493 e. The van der Waals surface area contributed by atoms with Crippen molar-refractivity contribution < 1.29 is 23.9 Å². The summed E-state index contributed by atoms with van der Waals surface area (Å²) in [6, 6.07) is 7.11. The van der Waals surface area contributed by atoms with E-state index in [1.807, 2.05) is 0 Å². The molecular formula is C16H15BrN2O6. The van der Waals surface area contributed by atoms with Gasteiger partial charge in [0.2, 0.25) is 0 Å². The number of nitrogen functional groups attached to an aromatic ring is 1. The Hall–Kier alpha value is -2.81. The van der Waals surface area contributed by atoms with Crippen LogP contribution in [0.1, 0.15) is 15.9 Å². The van der Waals surface area contributed by atoms with Gasteiger partial charge in [-0.25, -0.2) is 4.79 Å². The van der Waals surface area contributed by atoms with E-state index in [0.29, 0.717) is 21.5 Å². The second-order valence-electron chi connectivity index (χ2n) is 4.91. The van der Waals surface area contributed by atoms with E-state index in [1.54, 1.807) is 12.1 Å². The third kappa shape index (κ3) is 4.18. The Labute approximate surface area is 151 Å². The second-order valence-corrected chi connectivity index (χ2v) is 5.76. The fourth-order valence-electron chi connectivity index (χ4n) is 2.06. The van der Waals surface area contributed by atoms with Gasteiger partial charge in [0, 0.05) is 16.1 Å². The molecule has 0 spiro atoms. The molecule has 0 aliphatic rings. The van der Waals surface area contributed by atoms with Gasteiger partial charge in [-0.3, -0.25) is 10.1 Å². The lowest BCUT2D eigenvalue weighted by atomic mass is 10.1. The first-order valence-corrected chi connectivity index (χ1v) is 7.78. The van der Waals surface area contributed by atoms with Crippen molar-refractivity contribution in [3.05, 3.63) is 56.0 Å². The number of ether oxygens (including phenoxy) is 3. The van der Waals surface area contributed by atoms with Crippen LogP contribution < -0.4 is 15.2 Å². The van der Waals surface area contributed by atoms with Crippen LogP contribution in [-0.2, 0) is 11.3 Å². The average Bonchev–Trinajstić information content (AvgIpc) is 2.60. The molecule has 9 heteroatoms. The zero-order valence-electron chi connectivity index (χ0n) is 13.4. The van der Waals surface area contributed by atoms with Crippen LogP contribution in [0.3, 0.4) is 0 Å². The summed E-state index contributed by atoms with van der Waals surface area (Å²) in [7, 11) is 3.01. The van der Waals surface area contributed by atoms with Gasteiger partial charge in [-0.1, -0.05) is 15.9 Å². The molecule has 0 saturated heterocycles. The smallest absolute Gasteiger partial charge is 0.338 e. The highest BCUT2D eigenvalue weighted by atomic mass is 79.9. The van der Waals surface area contributed by atoms with Gasteiger partial charge in [-0.05, 0) is 24.3 Å². The van der Waals surface area contributed by atoms with Crippen molar-refractivity contribution in [2.75, 3.05) is 20.0 Å². The van der Waals surface area contributed by atoms with E-state index in [4.69, 9.17) is 19.9 Å². The number of hydrogen-bond acceptors (Lipinski definition) is 7. The third-order valence-electron chi connectivity index (χ3n) is 3.37. The van der Waals surface area contributed by atoms with Gasteiger partial charge < -0.3 is 19.9 Å². The number of esters is 1. The monoisotopic (exact) mass is 410 g/mol. The molecule has 0 bridgehead atoms. The molecule has 132 valence electrons. The number of nitrogens with two attached hydrogens (primary N) is 1. The van der Waals surface area contributed by atoms with Crippen LogP contribution in [0.2, 0.25) is 0 Å². The van der Waals surface area contributed by atoms with Gasteiger partial charge in [0.15, 0.2) is 11.5 Å². The van der Waals surface area contributed by atoms with Crippen LogP contribution in [-0.4, -0.2) is 25.1 Å². The van der Waals surface area contributed by atoms with Crippen molar-refractivity contribution in [1.29, 1.82) is 0 Å². The van der Waals surface area contributed by atoms with Gasteiger partial charge >= 0.3 is 5.97 Å². The van der Waals surface area contributed by atoms with E-state index in [0.717, 1.165) is 6.07 Å². The molecule has 0 fully saturated rings. The molecule has 0 amide bonds. The quantitative estimate of drug-likeness (QED) is 0.336. The Bertz CT molecular complexity index is 825. The molecule has 2 rings (SSSR count). The Morgan fingerprint density at radius 3 is 2.44 bits per heavy atom. The summed E-state index contributed by atoms with van der Waals surface area (Å²) in [6.07, 6.45) is 0. The number of hydrogen-bond donors (Lipinski definition) is 1. The van der Waals surface area contributed by atoms with Crippen LogP contribution in [0.25, 0.3) is 0 Å². The molecule has 0 heterocycles. The highest BCUT2D eigenvalue weighted by molar-refractivity contribution is 9.10. The third-order valence-corrected chi connectivity index (χ3v) is 4.11. The first-order valence-electron chi connectivity index (χ1n) is 6.98. The molecule has 2 aromatic carbocycles. The van der Waals surface area contributed by atoms with Crippen LogP contribution in [0, 0.1) is 10.1 Å². The molecule has 0 aliphatic heterocycles. The molecule has 25 heavy (non-hydrogen) atoms. The van der Waals surface area contributed by atoms with Crippen molar-refractivity contribution in [2.24, 2.45) is 0 Å². The first-order chi connectivity index (χ1) is 11.9. The SMILES string of the molecule is COc1cc(Br)c(COC(=O)c2ccc(N)c([N+](=O)[O-])c2)cc1OC. The van der Waals surface area contributed by atoms with Gasteiger partial charge in [-0.15, -0.1) is 0 Å². The van der Waals surface area contributed by atoms with E-state index in [-0.39, 0.29) is 23.5 Å². The standard InChI is InChI=1S/C16H15BrN2O6/c1-23-14-6-10(11(17)7-15(14)24-2)8-25-16(20)9-3-4-12(18)13(5-9)19(21)22/h3-7H,8,18H2,1-2H3. The van der Waals surface area contributed by atoms with Crippen molar-refractivity contribution in [1.82, 2.24) is 0 Å². The molecular weight excluding hydrogens is 396 g/mol. The van der Waals surface area contributed by atoms with Gasteiger partial charge in [-0.2, -0.15) is 0 Å². The molecule has 8 nitrogen and oxygen atoms in total. The Morgan fingerprint density at radius 2 is 1.84 bits per heavy atom. The number of methoxy groups -OCH3 is 2. The van der Waals surface area contributed by atoms with Crippen LogP contribution in [0.15, 0.2) is 34.8 Å². The predicted octanol–water partition coefficient (Wildman–Crippen LogP) is 3.31. The number of nitro groups is 1. The number of benzene rings is 2. The molecule has 2 N–H and O–H groups in total. The van der Waals surface area contributed by atoms with Gasteiger partial charge in [0.05, 0.1) is 24.7 Å². The van der Waals surface area contributed by atoms with Crippen molar-refractivity contribution >= 4 is 33.3 Å². The van der Waals surface area contributed by atoms with E-state index in [1.165, 1.54) is 26.4 Å². The lowest BCUT2D eigenvalue weighted by Gasteiger charge is -2.12. The van der Waals surface area contributed by atoms with Crippen LogP contribution >= 0.6 is 15.9 Å². The van der Waals surface area contributed by atoms with Gasteiger partial charge in [0.1, 0.15) is 12.3 Å². The summed E-state index contributed by atoms with van der Waals surface area (Å²) >= 11 is 3.37. The first kappa shape index (κ1) is 18.5. The Morgan fingerprint density at radius 1 is 1.20 bits per heavy atom. The van der Waals surface area contributed by atoms with Crippen molar-refractivity contribution in [3.8, 4) is 11.5 Å². The fourth-order valence-corrected chi connectivity index (χ4v) is 2.50. The topological polar surface area (TPSA) is 114 Å². The van der Waals surface area contributed by atoms with Gasteiger partial charge in [0.25, 0.3) is 5.69 Å². The lowest BCUT2D eigenvalue weighted by Crippen LogP contribution is -2.07. The highest BCUT2D eigenvalue weighted by Gasteiger charge is 2.17. The number of halogens is 1. The summed E-state index contributed by atoms with van der Waals surface area (Å²) in [5, 5.41) is 10.9. The van der Waals surface area contributed by atoms with E-state index < -0.39 is 10.9 Å². The lowest BCUT2D eigenvalue weighted by molar-refractivity contribution is -0.383. The zero-order chi connectivity index (χ0) is 18.6. The average molecular weight is 411 g/mol. The second kappa shape index (κ2) is 7.84. The van der Waals surface area contributed by atoms with E-state index >= 15 is 0 Å². The number of anilines is 1. The maximum absolute atomic E-state index is 12.1. The van der Waals surface area contributed by atoms with E-state index in [2.05, 4.69) is 15.9 Å².